The average Bonchev–Trinajstić information content (AvgIpc) is 2.62. The zero-order valence-corrected chi connectivity index (χ0v) is 16.4. The molecule has 1 aromatic rings. The third-order valence-corrected chi connectivity index (χ3v) is 5.66. The number of likely N-dealkylation sites (tertiary alicyclic amines) is 1. The van der Waals surface area contributed by atoms with E-state index in [1.165, 1.54) is 18.2 Å². The van der Waals surface area contributed by atoms with E-state index in [0.717, 1.165) is 18.0 Å². The summed E-state index contributed by atoms with van der Waals surface area (Å²) in [7, 11) is 0. The maximum absolute atomic E-state index is 12.0. The van der Waals surface area contributed by atoms with Crippen molar-refractivity contribution in [3.8, 4) is 11.5 Å². The molecule has 1 fully saturated rings. The van der Waals surface area contributed by atoms with Gasteiger partial charge in [-0.05, 0) is 31.5 Å². The molecule has 5 N–H and O–H groups in total. The molecule has 1 unspecified atom stereocenters. The molecular weight excluding hydrogens is 406 g/mol. The fourth-order valence-electron chi connectivity index (χ4n) is 2.98. The summed E-state index contributed by atoms with van der Waals surface area (Å²) < 4.78 is 19.6. The molecule has 0 bridgehead atoms. The second-order valence-electron chi connectivity index (χ2n) is 6.82. The van der Waals surface area contributed by atoms with E-state index in [9.17, 15) is 38.5 Å². The molecule has 1 heterocycles. The molecule has 0 spiro atoms. The zero-order chi connectivity index (χ0) is 21.9. The Balaban J connectivity index is 2.15. The first-order valence-electron chi connectivity index (χ1n) is 8.46. The van der Waals surface area contributed by atoms with E-state index in [2.05, 4.69) is 10.5 Å². The number of nitrogens with one attached hydrogen (secondary N) is 1. The molecule has 1 aliphatic rings. The highest BCUT2D eigenvalue weighted by atomic mass is 32.2. The van der Waals surface area contributed by atoms with Gasteiger partial charge in [0.1, 0.15) is 4.75 Å². The lowest BCUT2D eigenvalue weighted by Crippen LogP contribution is -2.67. The normalized spacial score (nSPS) is 20.6. The number of carbonyl (C=O) groups excluding carboxylic acids is 2. The molecule has 1 aromatic carbocycles. The number of nitrogens with zero attached hydrogens (tertiary/aromatic N) is 2. The minimum absolute atomic E-state index is 0.130. The van der Waals surface area contributed by atoms with Crippen LogP contribution < -0.4 is 5.43 Å². The first-order valence-corrected chi connectivity index (χ1v) is 9.57. The van der Waals surface area contributed by atoms with E-state index in [1.807, 2.05) is 0 Å². The molecule has 1 saturated heterocycles. The van der Waals surface area contributed by atoms with Gasteiger partial charge in [0.15, 0.2) is 28.6 Å². The van der Waals surface area contributed by atoms with Crippen molar-refractivity contribution in [2.45, 2.75) is 43.5 Å². The summed E-state index contributed by atoms with van der Waals surface area (Å²) in [5.41, 5.74) is 2.48. The number of amides is 2. The molecule has 0 saturated carbocycles. The van der Waals surface area contributed by atoms with E-state index in [4.69, 9.17) is 0 Å². The van der Waals surface area contributed by atoms with Gasteiger partial charge >= 0.3 is 5.97 Å². The highest BCUT2D eigenvalue weighted by molar-refractivity contribution is 7.81. The van der Waals surface area contributed by atoms with E-state index >= 15 is 0 Å². The fraction of sp³-hybridized carbons (Fsp3) is 0.412. The van der Waals surface area contributed by atoms with Crippen LogP contribution in [0.3, 0.4) is 0 Å². The molecule has 2 amide bonds. The van der Waals surface area contributed by atoms with Crippen molar-refractivity contribution in [1.29, 1.82) is 0 Å². The van der Waals surface area contributed by atoms with Gasteiger partial charge in [-0.3, -0.25) is 9.59 Å². The monoisotopic (exact) mass is 427 g/mol. The molecule has 4 atom stereocenters. The van der Waals surface area contributed by atoms with Crippen LogP contribution in [0.4, 0.5) is 0 Å². The maximum atomic E-state index is 12.0. The third-order valence-electron chi connectivity index (χ3n) is 4.58. The Morgan fingerprint density at radius 1 is 1.41 bits per heavy atom. The Morgan fingerprint density at radius 3 is 2.55 bits per heavy atom. The van der Waals surface area contributed by atoms with Crippen molar-refractivity contribution in [3.05, 3.63) is 23.8 Å². The second-order valence-corrected chi connectivity index (χ2v) is 8.20. The molecule has 2 rings (SSSR count). The van der Waals surface area contributed by atoms with Crippen LogP contribution in [0.25, 0.3) is 0 Å². The van der Waals surface area contributed by atoms with Crippen LogP contribution in [0, 0.1) is 0 Å². The number of phenolic OH excluding ortho intramolecular Hbond substituents is 2. The predicted octanol–water partition coefficient (Wildman–Crippen LogP) is -0.203. The van der Waals surface area contributed by atoms with Gasteiger partial charge in [0.2, 0.25) is 11.8 Å². The van der Waals surface area contributed by atoms with Gasteiger partial charge in [0.05, 0.1) is 6.42 Å². The average molecular weight is 427 g/mol. The van der Waals surface area contributed by atoms with E-state index < -0.39 is 51.4 Å². The highest BCUT2D eigenvalue weighted by Gasteiger charge is 2.53. The zero-order valence-electron chi connectivity index (χ0n) is 15.6. The number of hydrogen-bond acceptors (Lipinski definition) is 7. The summed E-state index contributed by atoms with van der Waals surface area (Å²) in [5.74, 6) is -3.35. The largest absolute Gasteiger partial charge is 0.504 e. The number of rotatable bonds is 8. The number of benzene rings is 1. The van der Waals surface area contributed by atoms with Crippen LogP contribution in [-0.4, -0.2) is 69.8 Å². The van der Waals surface area contributed by atoms with Gasteiger partial charge in [0, 0.05) is 18.7 Å². The van der Waals surface area contributed by atoms with Crippen molar-refractivity contribution >= 4 is 35.1 Å². The van der Waals surface area contributed by atoms with Crippen molar-refractivity contribution < 1.29 is 38.5 Å². The first kappa shape index (κ1) is 22.3. The number of carboxylic acid groups (broad SMARTS) is 1. The van der Waals surface area contributed by atoms with Gasteiger partial charge < -0.3 is 24.8 Å². The molecule has 0 aromatic heterocycles. The minimum atomic E-state index is -2.73. The molecule has 11 nitrogen and oxygen atoms in total. The van der Waals surface area contributed by atoms with Crippen LogP contribution in [0.5, 0.6) is 11.5 Å². The standard InChI is InChI=1S/C17H21N3O8S/c1-9-5-14(24)20(9)15(16(25)26)17(2,29(27)28)8-18-19-13(23)7-10-3-4-11(21)12(22)6-10/h3-4,6,8-9,15,21-22H,5,7H2,1-2H3,(H,19,23)(H,25,26)(H,27,28)/b18-8+/t9-,15+,17+/m1/s1. The molecule has 158 valence electrons. The van der Waals surface area contributed by atoms with E-state index in [0.29, 0.717) is 5.56 Å². The van der Waals surface area contributed by atoms with Crippen LogP contribution in [0.2, 0.25) is 0 Å². The summed E-state index contributed by atoms with van der Waals surface area (Å²) >= 11 is -2.73. The third kappa shape index (κ3) is 4.71. The van der Waals surface area contributed by atoms with E-state index in [-0.39, 0.29) is 18.6 Å². The molecule has 29 heavy (non-hydrogen) atoms. The Labute approximate surface area is 168 Å². The smallest absolute Gasteiger partial charge is 0.328 e. The lowest BCUT2D eigenvalue weighted by Gasteiger charge is -2.46. The predicted molar refractivity (Wildman–Crippen MR) is 102 cm³/mol. The summed E-state index contributed by atoms with van der Waals surface area (Å²) in [4.78, 5) is 36.6. The fourth-order valence-corrected chi connectivity index (χ4v) is 3.52. The molecule has 12 heteroatoms. The van der Waals surface area contributed by atoms with Crippen molar-refractivity contribution in [3.63, 3.8) is 0 Å². The number of carbonyl (C=O) groups is 3. The summed E-state index contributed by atoms with van der Waals surface area (Å²) in [6, 6.07) is 1.72. The van der Waals surface area contributed by atoms with Crippen LogP contribution in [0.1, 0.15) is 25.8 Å². The number of aromatic hydroxyl groups is 2. The number of aliphatic carboxylic acids is 1. The summed E-state index contributed by atoms with van der Waals surface area (Å²) in [5, 5.41) is 31.8. The first-order chi connectivity index (χ1) is 13.5. The maximum Gasteiger partial charge on any atom is 0.328 e. The Bertz CT molecular complexity index is 889. The highest BCUT2D eigenvalue weighted by Crippen LogP contribution is 2.30. The van der Waals surface area contributed by atoms with Crippen LogP contribution in [0.15, 0.2) is 23.3 Å². The lowest BCUT2D eigenvalue weighted by atomic mass is 9.92. The van der Waals surface area contributed by atoms with Gasteiger partial charge in [-0.15, -0.1) is 0 Å². The number of hydrazone groups is 1. The van der Waals surface area contributed by atoms with Gasteiger partial charge in [0.25, 0.3) is 0 Å². The van der Waals surface area contributed by atoms with Crippen LogP contribution in [-0.2, 0) is 31.9 Å². The van der Waals surface area contributed by atoms with Gasteiger partial charge in [-0.1, -0.05) is 6.07 Å². The Morgan fingerprint density at radius 2 is 2.07 bits per heavy atom. The number of hydrogen-bond donors (Lipinski definition) is 5. The van der Waals surface area contributed by atoms with Crippen molar-refractivity contribution in [1.82, 2.24) is 10.3 Å². The number of phenols is 2. The number of β-lactam (4-membered cyclic amide) rings is 1. The van der Waals surface area contributed by atoms with Gasteiger partial charge in [-0.2, -0.15) is 5.10 Å². The van der Waals surface area contributed by atoms with Gasteiger partial charge in [-0.25, -0.2) is 14.4 Å². The Hall–Kier alpha value is -2.99. The SMILES string of the molecule is C[C@@H]1CC(=O)N1[C@@H](C(=O)O)[C@](C)(/C=N/NC(=O)Cc1ccc(O)c(O)c1)S(=O)O. The minimum Gasteiger partial charge on any atom is -0.504 e. The molecule has 0 aliphatic carbocycles. The second kappa shape index (κ2) is 8.57. The van der Waals surface area contributed by atoms with E-state index in [1.54, 1.807) is 6.92 Å². The van der Waals surface area contributed by atoms with Crippen molar-refractivity contribution in [2.75, 3.05) is 0 Å². The molecule has 0 radical (unpaired) electrons. The summed E-state index contributed by atoms with van der Waals surface area (Å²) in [6.07, 6.45) is 0.728. The lowest BCUT2D eigenvalue weighted by molar-refractivity contribution is -0.161. The van der Waals surface area contributed by atoms with Crippen LogP contribution >= 0.6 is 0 Å². The Kier molecular flexibility index (Phi) is 6.59. The topological polar surface area (TPSA) is 177 Å². The molecule has 1 aliphatic heterocycles. The molecular formula is C17H21N3O8S. The number of carboxylic acids is 1. The quantitative estimate of drug-likeness (QED) is 0.124. The van der Waals surface area contributed by atoms with Crippen molar-refractivity contribution in [2.24, 2.45) is 5.10 Å². The summed E-state index contributed by atoms with van der Waals surface area (Å²) in [6.45, 7) is 2.76.